The Labute approximate surface area is 228 Å². The van der Waals surface area contributed by atoms with Gasteiger partial charge in [0.1, 0.15) is 19.3 Å². The van der Waals surface area contributed by atoms with Crippen molar-refractivity contribution in [2.45, 2.75) is 51.5 Å². The average Bonchev–Trinajstić information content (AvgIpc) is 2.95. The number of hydrogen-bond acceptors (Lipinski definition) is 6. The number of Topliss-reactive ketones (excluding diaryl/α,β-unsaturated/α-hetero) is 1. The minimum absolute atomic E-state index is 0.00825. The second-order valence-corrected chi connectivity index (χ2v) is 9.14. The molecule has 0 aliphatic carbocycles. The molecule has 8 nitrogen and oxygen atoms in total. The zero-order valence-corrected chi connectivity index (χ0v) is 22.0. The van der Waals surface area contributed by atoms with Gasteiger partial charge in [0, 0.05) is 6.92 Å². The Morgan fingerprint density at radius 2 is 1.23 bits per heavy atom. The molecule has 0 spiro atoms. The van der Waals surface area contributed by atoms with Gasteiger partial charge in [0.05, 0.1) is 19.1 Å². The Morgan fingerprint density at radius 3 is 1.79 bits per heavy atom. The summed E-state index contributed by atoms with van der Waals surface area (Å²) < 4.78 is 10.9. The van der Waals surface area contributed by atoms with Crippen LogP contribution in [0.5, 0.6) is 0 Å². The number of carbonyl (C=O) groups excluding carboxylic acids is 4. The lowest BCUT2D eigenvalue weighted by molar-refractivity contribution is -0.150. The monoisotopic (exact) mass is 530 g/mol. The van der Waals surface area contributed by atoms with Gasteiger partial charge in [-0.1, -0.05) is 91.0 Å². The zero-order valence-electron chi connectivity index (χ0n) is 22.0. The van der Waals surface area contributed by atoms with Crippen LogP contribution >= 0.6 is 0 Å². The molecule has 0 aliphatic rings. The minimum atomic E-state index is -1.19. The first kappa shape index (κ1) is 29.3. The van der Waals surface area contributed by atoms with Gasteiger partial charge in [0.15, 0.2) is 5.78 Å². The second-order valence-electron chi connectivity index (χ2n) is 9.14. The molecule has 3 aromatic carbocycles. The summed E-state index contributed by atoms with van der Waals surface area (Å²) in [6.45, 7) is 1.35. The van der Waals surface area contributed by atoms with Crippen LogP contribution < -0.4 is 10.6 Å². The molecule has 2 atom stereocenters. The third-order valence-corrected chi connectivity index (χ3v) is 5.92. The molecule has 204 valence electrons. The number of esters is 1. The number of benzene rings is 3. The molecule has 0 saturated heterocycles. The number of aryl methyl sites for hydroxylation is 1. The van der Waals surface area contributed by atoms with Crippen molar-refractivity contribution in [2.75, 3.05) is 6.61 Å². The van der Waals surface area contributed by atoms with Gasteiger partial charge in [-0.2, -0.15) is 0 Å². The number of amides is 2. The minimum Gasteiger partial charge on any atom is -0.459 e. The van der Waals surface area contributed by atoms with E-state index in [1.807, 2.05) is 78.9 Å². The summed E-state index contributed by atoms with van der Waals surface area (Å²) in [5.41, 5.74) is 2.73. The van der Waals surface area contributed by atoms with Crippen LogP contribution in [0.1, 0.15) is 36.5 Å². The van der Waals surface area contributed by atoms with Crippen molar-refractivity contribution in [2.24, 2.45) is 0 Å². The summed E-state index contributed by atoms with van der Waals surface area (Å²) in [6.07, 6.45) is 0.546. The van der Waals surface area contributed by atoms with E-state index in [1.165, 1.54) is 6.92 Å². The normalized spacial score (nSPS) is 12.1. The third-order valence-electron chi connectivity index (χ3n) is 5.92. The fourth-order valence-electron chi connectivity index (χ4n) is 3.92. The number of nitrogens with one attached hydrogen (secondary N) is 2. The van der Waals surface area contributed by atoms with Crippen LogP contribution in [-0.4, -0.2) is 42.3 Å². The standard InChI is InChI=1S/C31H34N2O6/c1-23(34)32-28(31(37)39-21-26-15-9-4-10-16-26)19-30(36)33-27(18-17-24-11-5-2-6-12-24)29(35)22-38-20-25-13-7-3-8-14-25/h2-16,27-28H,17-22H2,1H3,(H,32,34)(H,33,36). The fraction of sp³-hybridized carbons (Fsp3) is 0.290. The molecule has 39 heavy (non-hydrogen) atoms. The molecule has 0 saturated carbocycles. The van der Waals surface area contributed by atoms with Gasteiger partial charge in [-0.05, 0) is 29.5 Å². The lowest BCUT2D eigenvalue weighted by Gasteiger charge is -2.21. The van der Waals surface area contributed by atoms with Crippen molar-refractivity contribution < 1.29 is 28.7 Å². The third kappa shape index (κ3) is 10.9. The summed E-state index contributed by atoms with van der Waals surface area (Å²) in [5, 5.41) is 5.22. The molecule has 2 N–H and O–H groups in total. The van der Waals surface area contributed by atoms with Crippen molar-refractivity contribution >= 4 is 23.6 Å². The predicted octanol–water partition coefficient (Wildman–Crippen LogP) is 3.53. The molecule has 0 bridgehead atoms. The number of ketones is 1. The molecule has 2 unspecified atom stereocenters. The van der Waals surface area contributed by atoms with Crippen LogP contribution in [0.2, 0.25) is 0 Å². The van der Waals surface area contributed by atoms with E-state index in [9.17, 15) is 19.2 Å². The Kier molecular flexibility index (Phi) is 11.9. The topological polar surface area (TPSA) is 111 Å². The van der Waals surface area contributed by atoms with Crippen molar-refractivity contribution in [1.82, 2.24) is 10.6 Å². The molecule has 8 heteroatoms. The molecule has 0 radical (unpaired) electrons. The van der Waals surface area contributed by atoms with Crippen LogP contribution in [0.15, 0.2) is 91.0 Å². The highest BCUT2D eigenvalue weighted by atomic mass is 16.5. The van der Waals surface area contributed by atoms with E-state index in [1.54, 1.807) is 12.1 Å². The van der Waals surface area contributed by atoms with Crippen LogP contribution in [0.25, 0.3) is 0 Å². The number of carbonyl (C=O) groups is 4. The molecule has 0 heterocycles. The summed E-state index contributed by atoms with van der Waals surface area (Å²) in [7, 11) is 0. The van der Waals surface area contributed by atoms with E-state index in [2.05, 4.69) is 10.6 Å². The second kappa shape index (κ2) is 15.8. The Hall–Kier alpha value is -4.30. The van der Waals surface area contributed by atoms with E-state index < -0.39 is 29.9 Å². The molecule has 0 fully saturated rings. The van der Waals surface area contributed by atoms with E-state index >= 15 is 0 Å². The molecule has 0 aromatic heterocycles. The number of hydrogen-bond donors (Lipinski definition) is 2. The van der Waals surface area contributed by atoms with Crippen LogP contribution in [0.3, 0.4) is 0 Å². The molecule has 0 aliphatic heterocycles. The fourth-order valence-corrected chi connectivity index (χ4v) is 3.92. The van der Waals surface area contributed by atoms with E-state index in [4.69, 9.17) is 9.47 Å². The van der Waals surface area contributed by atoms with Gasteiger partial charge >= 0.3 is 5.97 Å². The van der Waals surface area contributed by atoms with Gasteiger partial charge in [-0.3, -0.25) is 14.4 Å². The van der Waals surface area contributed by atoms with Gasteiger partial charge in [0.2, 0.25) is 11.8 Å². The van der Waals surface area contributed by atoms with E-state index in [0.29, 0.717) is 12.8 Å². The summed E-state index contributed by atoms with van der Waals surface area (Å²) in [6, 6.07) is 26.2. The highest BCUT2D eigenvalue weighted by Gasteiger charge is 2.27. The van der Waals surface area contributed by atoms with Gasteiger partial charge in [-0.15, -0.1) is 0 Å². The zero-order chi connectivity index (χ0) is 27.9. The molecule has 3 aromatic rings. The number of ether oxygens (including phenoxy) is 2. The van der Waals surface area contributed by atoms with E-state index in [0.717, 1.165) is 16.7 Å². The predicted molar refractivity (Wildman–Crippen MR) is 146 cm³/mol. The lowest BCUT2D eigenvalue weighted by Crippen LogP contribution is -2.48. The Morgan fingerprint density at radius 1 is 0.692 bits per heavy atom. The quantitative estimate of drug-likeness (QED) is 0.291. The summed E-state index contributed by atoms with van der Waals surface area (Å²) in [4.78, 5) is 50.4. The highest BCUT2D eigenvalue weighted by Crippen LogP contribution is 2.09. The molecular weight excluding hydrogens is 496 g/mol. The van der Waals surface area contributed by atoms with Crippen molar-refractivity contribution in [1.29, 1.82) is 0 Å². The van der Waals surface area contributed by atoms with Crippen molar-refractivity contribution in [3.63, 3.8) is 0 Å². The van der Waals surface area contributed by atoms with Crippen LogP contribution in [0, 0.1) is 0 Å². The van der Waals surface area contributed by atoms with Crippen LogP contribution in [0.4, 0.5) is 0 Å². The maximum absolute atomic E-state index is 13.0. The van der Waals surface area contributed by atoms with E-state index in [-0.39, 0.29) is 32.0 Å². The largest absolute Gasteiger partial charge is 0.459 e. The molecule has 2 amide bonds. The first-order chi connectivity index (χ1) is 18.9. The Bertz CT molecular complexity index is 1200. The number of rotatable bonds is 15. The Balaban J connectivity index is 1.60. The maximum atomic E-state index is 13.0. The first-order valence-electron chi connectivity index (χ1n) is 12.9. The molecular formula is C31H34N2O6. The lowest BCUT2D eigenvalue weighted by atomic mass is 10.0. The van der Waals surface area contributed by atoms with Crippen molar-refractivity contribution in [3.8, 4) is 0 Å². The smallest absolute Gasteiger partial charge is 0.329 e. The van der Waals surface area contributed by atoms with Crippen LogP contribution in [-0.2, 0) is 48.3 Å². The molecule has 3 rings (SSSR count). The SMILES string of the molecule is CC(=O)NC(CC(=O)NC(CCc1ccccc1)C(=O)COCc1ccccc1)C(=O)OCc1ccccc1. The highest BCUT2D eigenvalue weighted by molar-refractivity contribution is 5.92. The van der Waals surface area contributed by atoms with Gasteiger partial charge < -0.3 is 20.1 Å². The first-order valence-corrected chi connectivity index (χ1v) is 12.9. The maximum Gasteiger partial charge on any atom is 0.329 e. The van der Waals surface area contributed by atoms with Gasteiger partial charge in [0.25, 0.3) is 0 Å². The average molecular weight is 531 g/mol. The summed E-state index contributed by atoms with van der Waals surface area (Å²) >= 11 is 0. The van der Waals surface area contributed by atoms with Gasteiger partial charge in [-0.25, -0.2) is 4.79 Å². The summed E-state index contributed by atoms with van der Waals surface area (Å²) in [5.74, 6) is -2.05. The van der Waals surface area contributed by atoms with Crippen molar-refractivity contribution in [3.05, 3.63) is 108 Å².